The Bertz CT molecular complexity index is 1430. The minimum atomic E-state index is -0.900. The van der Waals surface area contributed by atoms with Crippen LogP contribution in [-0.2, 0) is 14.4 Å². The molecular weight excluding hydrogens is 594 g/mol. The summed E-state index contributed by atoms with van der Waals surface area (Å²) in [6.45, 7) is 15.9. The molecule has 2 bridgehead atoms. The molecule has 3 aliphatic heterocycles. The van der Waals surface area contributed by atoms with Crippen molar-refractivity contribution in [2.75, 3.05) is 29.5 Å². The lowest BCUT2D eigenvalue weighted by molar-refractivity contribution is -0.142. The van der Waals surface area contributed by atoms with E-state index in [1.807, 2.05) is 63.2 Å². The van der Waals surface area contributed by atoms with E-state index in [1.165, 1.54) is 0 Å². The van der Waals surface area contributed by atoms with Crippen LogP contribution in [-0.4, -0.2) is 69.5 Å². The molecule has 3 heterocycles. The molecule has 7 nitrogen and oxygen atoms in total. The van der Waals surface area contributed by atoms with E-state index in [1.54, 1.807) is 44.7 Å². The molecule has 3 amide bonds. The minimum absolute atomic E-state index is 0.0246. The molecule has 9 heteroatoms. The average Bonchev–Trinajstić information content (AvgIpc) is 3.59. The number of thioether (sulfide) groups is 1. The SMILES string of the molecule is C=CCN(C(=O)[C@@H]1[C@H]2C(=O)N([C@@H](CO)C(C)C)C(C(=O)N(CC=C)c3c(C)cccc3Cl)C23S[C@@H]1CC3C)c1ccccc1. The molecule has 3 aliphatic rings. The van der Waals surface area contributed by atoms with Crippen LogP contribution in [0, 0.1) is 30.6 Å². The number of hydrogen-bond donors (Lipinski definition) is 1. The maximum atomic E-state index is 15.1. The largest absolute Gasteiger partial charge is 0.394 e. The summed E-state index contributed by atoms with van der Waals surface area (Å²) in [4.78, 5) is 49.4. The van der Waals surface area contributed by atoms with Crippen LogP contribution in [0.2, 0.25) is 5.02 Å². The second-order valence-electron chi connectivity index (χ2n) is 12.5. The number of carbonyl (C=O) groups excluding carboxylic acids is 3. The van der Waals surface area contributed by atoms with Crippen LogP contribution in [0.1, 0.15) is 32.8 Å². The van der Waals surface area contributed by atoms with Gasteiger partial charge < -0.3 is 19.8 Å². The Hall–Kier alpha value is -3.07. The Morgan fingerprint density at radius 2 is 1.75 bits per heavy atom. The zero-order chi connectivity index (χ0) is 31.9. The molecule has 3 fully saturated rings. The Kier molecular flexibility index (Phi) is 9.36. The molecule has 7 atom stereocenters. The van der Waals surface area contributed by atoms with Crippen molar-refractivity contribution in [3.05, 3.63) is 84.4 Å². The Morgan fingerprint density at radius 3 is 2.34 bits per heavy atom. The van der Waals surface area contributed by atoms with Crippen LogP contribution in [0.25, 0.3) is 0 Å². The van der Waals surface area contributed by atoms with Gasteiger partial charge in [0, 0.05) is 24.0 Å². The first-order valence-corrected chi connectivity index (χ1v) is 16.6. The van der Waals surface area contributed by atoms with Gasteiger partial charge in [-0.05, 0) is 48.9 Å². The fraction of sp³-hybridized carbons (Fsp3) is 0.457. The molecule has 0 saturated carbocycles. The Labute approximate surface area is 269 Å². The van der Waals surface area contributed by atoms with Crippen molar-refractivity contribution in [2.45, 2.75) is 56.2 Å². The summed E-state index contributed by atoms with van der Waals surface area (Å²) in [5, 5.41) is 11.0. The van der Waals surface area contributed by atoms with Crippen molar-refractivity contribution in [3.63, 3.8) is 0 Å². The maximum absolute atomic E-state index is 15.1. The average molecular weight is 636 g/mol. The summed E-state index contributed by atoms with van der Waals surface area (Å²) in [6.07, 6.45) is 4.06. The normalized spacial score (nSPS) is 27.8. The number of amides is 3. The van der Waals surface area contributed by atoms with E-state index >= 15 is 4.79 Å². The number of likely N-dealkylation sites (tertiary alicyclic amines) is 1. The second kappa shape index (κ2) is 12.7. The predicted octanol–water partition coefficient (Wildman–Crippen LogP) is 5.74. The fourth-order valence-corrected chi connectivity index (χ4v) is 10.5. The maximum Gasteiger partial charge on any atom is 0.251 e. The van der Waals surface area contributed by atoms with Crippen molar-refractivity contribution in [1.82, 2.24) is 4.90 Å². The van der Waals surface area contributed by atoms with Crippen molar-refractivity contribution in [1.29, 1.82) is 0 Å². The highest BCUT2D eigenvalue weighted by atomic mass is 35.5. The van der Waals surface area contributed by atoms with Crippen LogP contribution in [0.4, 0.5) is 11.4 Å². The smallest absolute Gasteiger partial charge is 0.251 e. The molecule has 0 radical (unpaired) electrons. The van der Waals surface area contributed by atoms with Gasteiger partial charge in [-0.15, -0.1) is 24.9 Å². The lowest BCUT2D eigenvalue weighted by Crippen LogP contribution is -2.60. The van der Waals surface area contributed by atoms with Gasteiger partial charge in [0.15, 0.2) is 0 Å². The van der Waals surface area contributed by atoms with E-state index < -0.39 is 28.7 Å². The third kappa shape index (κ3) is 4.99. The van der Waals surface area contributed by atoms with E-state index in [-0.39, 0.29) is 48.0 Å². The second-order valence-corrected chi connectivity index (χ2v) is 14.5. The molecule has 2 aromatic rings. The number of anilines is 2. The number of aliphatic hydroxyl groups excluding tert-OH is 1. The summed E-state index contributed by atoms with van der Waals surface area (Å²) in [7, 11) is 0. The Morgan fingerprint density at radius 1 is 1.09 bits per heavy atom. The van der Waals surface area contributed by atoms with Crippen molar-refractivity contribution < 1.29 is 19.5 Å². The van der Waals surface area contributed by atoms with Gasteiger partial charge in [-0.3, -0.25) is 14.4 Å². The molecule has 1 spiro atoms. The molecular formula is C35H42ClN3O4S. The van der Waals surface area contributed by atoms with Gasteiger partial charge in [-0.1, -0.05) is 74.9 Å². The third-order valence-electron chi connectivity index (χ3n) is 9.70. The number of nitrogens with zero attached hydrogens (tertiary/aromatic N) is 3. The monoisotopic (exact) mass is 635 g/mol. The topological polar surface area (TPSA) is 81.2 Å². The fourth-order valence-electron chi connectivity index (χ4n) is 7.77. The third-order valence-corrected chi connectivity index (χ3v) is 12.1. The standard InChI is InChI=1S/C35H42ClN3O4S/c1-7-17-37(24-14-10-9-11-15-24)32(41)28-27-19-23(6)35(44-27)29(28)33(42)39(26(20-40)21(3)4)31(35)34(43)38(18-8-2)30-22(5)13-12-16-25(30)36/h7-16,21,23,26-29,31,40H,1-2,17-20H2,3-6H3/t23?,26-,27+,28-,29-,31?,35?/m0/s1. The van der Waals surface area contributed by atoms with Crippen molar-refractivity contribution >= 4 is 52.5 Å². The van der Waals surface area contributed by atoms with Crippen molar-refractivity contribution in [2.24, 2.45) is 23.7 Å². The highest BCUT2D eigenvalue weighted by molar-refractivity contribution is 8.02. The number of aryl methyl sites for hydroxylation is 1. The number of carbonyl (C=O) groups is 3. The van der Waals surface area contributed by atoms with E-state index in [0.717, 1.165) is 11.3 Å². The van der Waals surface area contributed by atoms with Gasteiger partial charge in [0.25, 0.3) is 5.91 Å². The first-order valence-electron chi connectivity index (χ1n) is 15.3. The first-order chi connectivity index (χ1) is 21.0. The van der Waals surface area contributed by atoms with Gasteiger partial charge in [0.2, 0.25) is 11.8 Å². The molecule has 5 rings (SSSR count). The highest BCUT2D eigenvalue weighted by Gasteiger charge is 2.77. The van der Waals surface area contributed by atoms with Crippen LogP contribution in [0.15, 0.2) is 73.8 Å². The van der Waals surface area contributed by atoms with E-state index in [0.29, 0.717) is 23.7 Å². The van der Waals surface area contributed by atoms with Crippen LogP contribution in [0.3, 0.4) is 0 Å². The molecule has 2 aromatic carbocycles. The summed E-state index contributed by atoms with van der Waals surface area (Å²) >= 11 is 8.33. The molecule has 234 valence electrons. The van der Waals surface area contributed by atoms with E-state index in [9.17, 15) is 14.7 Å². The van der Waals surface area contributed by atoms with Crippen LogP contribution < -0.4 is 9.80 Å². The van der Waals surface area contributed by atoms with Crippen LogP contribution in [0.5, 0.6) is 0 Å². The van der Waals surface area contributed by atoms with Gasteiger partial charge in [-0.25, -0.2) is 0 Å². The summed E-state index contributed by atoms with van der Waals surface area (Å²) in [5.74, 6) is -2.13. The lowest BCUT2D eigenvalue weighted by Gasteiger charge is -2.43. The zero-order valence-corrected chi connectivity index (χ0v) is 27.4. The quantitative estimate of drug-likeness (QED) is 0.319. The lowest BCUT2D eigenvalue weighted by atomic mass is 9.65. The first kappa shape index (κ1) is 32.3. The molecule has 44 heavy (non-hydrogen) atoms. The number of halogens is 1. The number of aliphatic hydroxyl groups is 1. The van der Waals surface area contributed by atoms with Crippen LogP contribution >= 0.6 is 23.4 Å². The molecule has 0 aliphatic carbocycles. The molecule has 3 saturated heterocycles. The molecule has 0 aromatic heterocycles. The highest BCUT2D eigenvalue weighted by Crippen LogP contribution is 2.69. The summed E-state index contributed by atoms with van der Waals surface area (Å²) in [5.41, 5.74) is 2.15. The molecule has 3 unspecified atom stereocenters. The van der Waals surface area contributed by atoms with Crippen molar-refractivity contribution in [3.8, 4) is 0 Å². The number of fused-ring (bicyclic) bond motifs is 1. The van der Waals surface area contributed by atoms with Gasteiger partial charge >= 0.3 is 0 Å². The van der Waals surface area contributed by atoms with Gasteiger partial charge in [0.1, 0.15) is 6.04 Å². The van der Waals surface area contributed by atoms with Gasteiger partial charge in [0.05, 0.1) is 39.9 Å². The van der Waals surface area contributed by atoms with E-state index in [2.05, 4.69) is 20.1 Å². The minimum Gasteiger partial charge on any atom is -0.394 e. The van der Waals surface area contributed by atoms with E-state index in [4.69, 9.17) is 11.6 Å². The Balaban J connectivity index is 1.66. The predicted molar refractivity (Wildman–Crippen MR) is 179 cm³/mol. The van der Waals surface area contributed by atoms with Gasteiger partial charge in [-0.2, -0.15) is 0 Å². The summed E-state index contributed by atoms with van der Waals surface area (Å²) < 4.78 is -0.855. The number of hydrogen-bond acceptors (Lipinski definition) is 5. The number of benzene rings is 2. The number of rotatable bonds is 11. The molecule has 1 N–H and O–H groups in total. The summed E-state index contributed by atoms with van der Waals surface area (Å²) in [6, 6.07) is 13.4. The number of para-hydroxylation sites is 2. The zero-order valence-electron chi connectivity index (χ0n) is 25.9.